The third-order valence-corrected chi connectivity index (χ3v) is 5.29. The van der Waals surface area contributed by atoms with Crippen molar-refractivity contribution in [1.29, 1.82) is 0 Å². The van der Waals surface area contributed by atoms with Crippen LogP contribution in [0.4, 0.5) is 4.79 Å². The number of carbonyl (C=O) groups excluding carboxylic acids is 1. The lowest BCUT2D eigenvalue weighted by molar-refractivity contribution is 0.118. The molecule has 0 bridgehead atoms. The summed E-state index contributed by atoms with van der Waals surface area (Å²) in [5.41, 5.74) is 0. The zero-order valence-corrected chi connectivity index (χ0v) is 15.4. The van der Waals surface area contributed by atoms with Crippen LogP contribution >= 0.6 is 0 Å². The molecule has 3 N–H and O–H groups in total. The molecule has 0 aliphatic carbocycles. The van der Waals surface area contributed by atoms with Gasteiger partial charge in [0.05, 0.1) is 6.54 Å². The molecule has 0 radical (unpaired) electrons. The Morgan fingerprint density at radius 2 is 2.12 bits per heavy atom. The number of rotatable bonds is 7. The number of hydrogen-bond donors (Lipinski definition) is 3. The molecule has 3 rings (SSSR count). The maximum absolute atomic E-state index is 12.3. The summed E-state index contributed by atoms with van der Waals surface area (Å²) in [7, 11) is 0. The lowest BCUT2D eigenvalue weighted by Crippen LogP contribution is -2.51. The van der Waals surface area contributed by atoms with Crippen molar-refractivity contribution < 1.29 is 9.90 Å². The van der Waals surface area contributed by atoms with E-state index in [9.17, 15) is 9.90 Å². The number of aliphatic hydroxyl groups is 1. The molecule has 1 aromatic heterocycles. The second-order valence-electron chi connectivity index (χ2n) is 7.27. The largest absolute Gasteiger partial charge is 0.396 e. The number of likely N-dealkylation sites (tertiary alicyclic amines) is 1. The first-order valence-corrected chi connectivity index (χ1v) is 9.67. The van der Waals surface area contributed by atoms with Crippen LogP contribution in [0.5, 0.6) is 0 Å². The van der Waals surface area contributed by atoms with Crippen LogP contribution in [0.25, 0.3) is 0 Å². The van der Waals surface area contributed by atoms with Crippen LogP contribution in [0, 0.1) is 5.92 Å². The first-order valence-electron chi connectivity index (χ1n) is 9.67. The third kappa shape index (κ3) is 5.65. The molecule has 0 aromatic carbocycles. The Bertz CT molecular complexity index is 531. The highest BCUT2D eigenvalue weighted by Gasteiger charge is 2.22. The molecule has 2 fully saturated rings. The van der Waals surface area contributed by atoms with Gasteiger partial charge in [0.1, 0.15) is 12.2 Å². The molecule has 146 valence electrons. The van der Waals surface area contributed by atoms with Crippen molar-refractivity contribution in [3.05, 3.63) is 12.2 Å². The van der Waals surface area contributed by atoms with Crippen molar-refractivity contribution >= 4 is 6.03 Å². The van der Waals surface area contributed by atoms with Crippen LogP contribution in [0.2, 0.25) is 0 Å². The number of carbonyl (C=O) groups is 1. The van der Waals surface area contributed by atoms with Gasteiger partial charge < -0.3 is 20.2 Å². The molecular weight excluding hydrogens is 334 g/mol. The number of nitrogens with zero attached hydrogens (tertiary/aromatic N) is 5. The fourth-order valence-electron chi connectivity index (χ4n) is 3.74. The Morgan fingerprint density at radius 3 is 2.85 bits per heavy atom. The van der Waals surface area contributed by atoms with Crippen LogP contribution in [-0.4, -0.2) is 100.0 Å². The van der Waals surface area contributed by atoms with Gasteiger partial charge in [-0.15, -0.1) is 0 Å². The van der Waals surface area contributed by atoms with E-state index in [1.54, 1.807) is 0 Å². The standard InChI is InChI=1S/C17H31N7O2/c25-13-15-3-1-5-22(11-15)6-2-4-18-17(26)24-9-7-23(8-10-24)12-16-19-14-20-21-16/h14-15,25H,1-13H2,(H,18,26)(H,19,20,21). The van der Waals surface area contributed by atoms with Crippen molar-refractivity contribution in [3.8, 4) is 0 Å². The maximum atomic E-state index is 12.3. The second kappa shape index (κ2) is 9.84. The van der Waals surface area contributed by atoms with Crippen molar-refractivity contribution in [3.63, 3.8) is 0 Å². The van der Waals surface area contributed by atoms with E-state index in [-0.39, 0.29) is 12.6 Å². The third-order valence-electron chi connectivity index (χ3n) is 5.29. The molecular formula is C17H31N7O2. The Hall–Kier alpha value is -1.71. The number of aromatic nitrogens is 3. The summed E-state index contributed by atoms with van der Waals surface area (Å²) >= 11 is 0. The monoisotopic (exact) mass is 365 g/mol. The molecule has 1 atom stereocenters. The minimum Gasteiger partial charge on any atom is -0.396 e. The molecule has 3 heterocycles. The first-order chi connectivity index (χ1) is 12.7. The second-order valence-corrected chi connectivity index (χ2v) is 7.27. The van der Waals surface area contributed by atoms with Crippen LogP contribution in [0.15, 0.2) is 6.33 Å². The van der Waals surface area contributed by atoms with Gasteiger partial charge in [0.25, 0.3) is 0 Å². The van der Waals surface area contributed by atoms with Crippen molar-refractivity contribution in [1.82, 2.24) is 35.2 Å². The summed E-state index contributed by atoms with van der Waals surface area (Å²) in [5, 5.41) is 19.1. The quantitative estimate of drug-likeness (QED) is 0.575. The van der Waals surface area contributed by atoms with Gasteiger partial charge in [-0.25, -0.2) is 9.78 Å². The van der Waals surface area contributed by atoms with Gasteiger partial charge in [-0.3, -0.25) is 10.00 Å². The Morgan fingerprint density at radius 1 is 1.27 bits per heavy atom. The van der Waals surface area contributed by atoms with E-state index in [1.165, 1.54) is 6.33 Å². The summed E-state index contributed by atoms with van der Waals surface area (Å²) in [5.74, 6) is 1.29. The molecule has 1 aromatic rings. The summed E-state index contributed by atoms with van der Waals surface area (Å²) < 4.78 is 0. The smallest absolute Gasteiger partial charge is 0.317 e. The molecule has 2 aliphatic rings. The van der Waals surface area contributed by atoms with Crippen LogP contribution in [0.1, 0.15) is 25.1 Å². The van der Waals surface area contributed by atoms with Crippen LogP contribution in [-0.2, 0) is 6.54 Å². The minimum atomic E-state index is 0.0381. The highest BCUT2D eigenvalue weighted by atomic mass is 16.3. The molecule has 0 spiro atoms. The van der Waals surface area contributed by atoms with Crippen LogP contribution < -0.4 is 5.32 Å². The highest BCUT2D eigenvalue weighted by Crippen LogP contribution is 2.15. The number of amides is 2. The zero-order valence-electron chi connectivity index (χ0n) is 15.4. The molecule has 2 amide bonds. The van der Waals surface area contributed by atoms with Gasteiger partial charge >= 0.3 is 6.03 Å². The highest BCUT2D eigenvalue weighted by molar-refractivity contribution is 5.74. The summed E-state index contributed by atoms with van der Waals surface area (Å²) in [6, 6.07) is 0.0381. The predicted molar refractivity (Wildman–Crippen MR) is 97.5 cm³/mol. The average Bonchev–Trinajstić information content (AvgIpc) is 3.19. The number of H-pyrrole nitrogens is 1. The fourth-order valence-corrected chi connectivity index (χ4v) is 3.74. The number of piperazine rings is 1. The molecule has 2 saturated heterocycles. The van der Waals surface area contributed by atoms with Gasteiger partial charge in [-0.05, 0) is 38.3 Å². The molecule has 26 heavy (non-hydrogen) atoms. The molecule has 9 heteroatoms. The minimum absolute atomic E-state index is 0.0381. The van der Waals surface area contributed by atoms with Crippen molar-refractivity contribution in [2.45, 2.75) is 25.8 Å². The zero-order chi connectivity index (χ0) is 18.2. The summed E-state index contributed by atoms with van der Waals surface area (Å²) in [6.45, 7) is 8.01. The number of hydrogen-bond acceptors (Lipinski definition) is 6. The van der Waals surface area contributed by atoms with E-state index in [4.69, 9.17) is 0 Å². The van der Waals surface area contributed by atoms with E-state index in [1.807, 2.05) is 4.90 Å². The van der Waals surface area contributed by atoms with Gasteiger partial charge in [-0.1, -0.05) is 0 Å². The van der Waals surface area contributed by atoms with Gasteiger partial charge in [0.15, 0.2) is 0 Å². The van der Waals surface area contributed by atoms with E-state index in [0.717, 1.165) is 77.4 Å². The van der Waals surface area contributed by atoms with E-state index < -0.39 is 0 Å². The fraction of sp³-hybridized carbons (Fsp3) is 0.824. The van der Waals surface area contributed by atoms with Gasteiger partial charge in [0, 0.05) is 45.9 Å². The molecule has 1 unspecified atom stereocenters. The number of aliphatic hydroxyl groups excluding tert-OH is 1. The number of aromatic amines is 1. The van der Waals surface area contributed by atoms with E-state index >= 15 is 0 Å². The normalized spacial score (nSPS) is 22.5. The Balaban J connectivity index is 1.27. The van der Waals surface area contributed by atoms with E-state index in [2.05, 4.69) is 30.3 Å². The molecule has 0 saturated carbocycles. The molecule has 2 aliphatic heterocycles. The van der Waals surface area contributed by atoms with Gasteiger partial charge in [-0.2, -0.15) is 5.10 Å². The predicted octanol–water partition coefficient (Wildman–Crippen LogP) is -0.274. The lowest BCUT2D eigenvalue weighted by Gasteiger charge is -2.34. The topological polar surface area (TPSA) is 101 Å². The summed E-state index contributed by atoms with van der Waals surface area (Å²) in [4.78, 5) is 23.0. The number of piperidine rings is 1. The molecule has 9 nitrogen and oxygen atoms in total. The van der Waals surface area contributed by atoms with Crippen LogP contribution in [0.3, 0.4) is 0 Å². The maximum Gasteiger partial charge on any atom is 0.317 e. The Labute approximate surface area is 154 Å². The average molecular weight is 365 g/mol. The lowest BCUT2D eigenvalue weighted by atomic mass is 9.99. The Kier molecular flexibility index (Phi) is 7.22. The summed E-state index contributed by atoms with van der Waals surface area (Å²) in [6.07, 6.45) is 4.77. The number of nitrogens with one attached hydrogen (secondary N) is 2. The van der Waals surface area contributed by atoms with Crippen molar-refractivity contribution in [2.75, 3.05) is 59.0 Å². The van der Waals surface area contributed by atoms with E-state index in [0.29, 0.717) is 12.5 Å². The van der Waals surface area contributed by atoms with Gasteiger partial charge in [0.2, 0.25) is 0 Å². The first kappa shape index (κ1) is 19.1. The number of urea groups is 1. The van der Waals surface area contributed by atoms with Crippen molar-refractivity contribution in [2.24, 2.45) is 5.92 Å². The SMILES string of the molecule is O=C(NCCCN1CCCC(CO)C1)N1CCN(Cc2ncn[nH]2)CC1.